The van der Waals surface area contributed by atoms with Gasteiger partial charge in [-0.05, 0) is 64.7 Å². The lowest BCUT2D eigenvalue weighted by atomic mass is 10.00. The van der Waals surface area contributed by atoms with Gasteiger partial charge in [0, 0.05) is 43.4 Å². The molecule has 11 aromatic rings. The SMILES string of the molecule is c1ccc(-n2c3ccccc3c3cc4c5ccc6c7ccccc7oc6c5n(-c5cc6ccccc6c6ccccc56)c4cc32)cc1. The molecular weight excluding hydrogens is 572 g/mol. The summed E-state index contributed by atoms with van der Waals surface area (Å²) in [7, 11) is 0. The normalized spacial score (nSPS) is 12.3. The van der Waals surface area contributed by atoms with Crippen LogP contribution in [0.4, 0.5) is 0 Å². The first-order valence-corrected chi connectivity index (χ1v) is 16.1. The number of aromatic nitrogens is 2. The second-order valence-corrected chi connectivity index (χ2v) is 12.5. The molecule has 0 saturated heterocycles. The summed E-state index contributed by atoms with van der Waals surface area (Å²) in [5.74, 6) is 0. The summed E-state index contributed by atoms with van der Waals surface area (Å²) in [5, 5.41) is 12.1. The standard InChI is InChI=1S/C44H26N2O/c1-2-13-28(14-3-1)45-38-20-10-8-18-32(38)36-25-37-34-22-23-35-33-19-9-11-21-42(33)47-44(35)43(34)46(41(37)26-40(36)45)39-24-27-12-4-5-15-29(27)30-16-6-7-17-31(30)39/h1-26H. The van der Waals surface area contributed by atoms with Gasteiger partial charge in [-0.15, -0.1) is 0 Å². The zero-order valence-corrected chi connectivity index (χ0v) is 25.3. The van der Waals surface area contributed by atoms with Crippen LogP contribution < -0.4 is 0 Å². The lowest BCUT2D eigenvalue weighted by Crippen LogP contribution is -1.97. The van der Waals surface area contributed by atoms with Crippen molar-refractivity contribution in [3.63, 3.8) is 0 Å². The third-order valence-electron chi connectivity index (χ3n) is 10.1. The number of hydrogen-bond donors (Lipinski definition) is 0. The van der Waals surface area contributed by atoms with E-state index in [-0.39, 0.29) is 0 Å². The Balaban J connectivity index is 1.40. The molecule has 0 atom stereocenters. The molecule has 0 aliphatic carbocycles. The van der Waals surface area contributed by atoms with Gasteiger partial charge in [-0.1, -0.05) is 109 Å². The topological polar surface area (TPSA) is 23.0 Å². The summed E-state index contributed by atoms with van der Waals surface area (Å²) < 4.78 is 11.6. The molecule has 3 heteroatoms. The van der Waals surface area contributed by atoms with E-state index in [4.69, 9.17) is 4.42 Å². The molecule has 0 fully saturated rings. The monoisotopic (exact) mass is 598 g/mol. The summed E-state index contributed by atoms with van der Waals surface area (Å²) in [6.45, 7) is 0. The van der Waals surface area contributed by atoms with Gasteiger partial charge in [-0.2, -0.15) is 0 Å². The highest BCUT2D eigenvalue weighted by atomic mass is 16.3. The summed E-state index contributed by atoms with van der Waals surface area (Å²) >= 11 is 0. The van der Waals surface area contributed by atoms with E-state index in [9.17, 15) is 0 Å². The van der Waals surface area contributed by atoms with Crippen LogP contribution in [0.25, 0.3) is 98.5 Å². The first kappa shape index (κ1) is 24.9. The molecule has 0 spiro atoms. The van der Waals surface area contributed by atoms with E-state index < -0.39 is 0 Å². The van der Waals surface area contributed by atoms with E-state index in [1.54, 1.807) is 0 Å². The Bertz CT molecular complexity index is 3070. The average molecular weight is 599 g/mol. The zero-order chi connectivity index (χ0) is 30.6. The maximum absolute atomic E-state index is 6.77. The van der Waals surface area contributed by atoms with E-state index in [0.29, 0.717) is 0 Å². The van der Waals surface area contributed by atoms with Crippen LogP contribution in [0.5, 0.6) is 0 Å². The van der Waals surface area contributed by atoms with Crippen LogP contribution in [-0.2, 0) is 0 Å². The quantitative estimate of drug-likeness (QED) is 0.182. The third kappa shape index (κ3) is 3.30. The van der Waals surface area contributed by atoms with Crippen molar-refractivity contribution in [1.82, 2.24) is 9.13 Å². The Labute approximate surface area is 269 Å². The van der Waals surface area contributed by atoms with Crippen molar-refractivity contribution in [3.8, 4) is 11.4 Å². The predicted molar refractivity (Wildman–Crippen MR) is 197 cm³/mol. The van der Waals surface area contributed by atoms with Gasteiger partial charge in [-0.25, -0.2) is 0 Å². The minimum atomic E-state index is 0.904. The maximum Gasteiger partial charge on any atom is 0.160 e. The van der Waals surface area contributed by atoms with Crippen molar-refractivity contribution in [3.05, 3.63) is 158 Å². The number of para-hydroxylation sites is 3. The molecule has 0 aliphatic rings. The Morgan fingerprint density at radius 3 is 1.87 bits per heavy atom. The smallest absolute Gasteiger partial charge is 0.160 e. The molecule has 8 aromatic carbocycles. The molecule has 3 heterocycles. The molecule has 0 saturated carbocycles. The number of nitrogens with zero attached hydrogens (tertiary/aromatic N) is 2. The van der Waals surface area contributed by atoms with Crippen molar-refractivity contribution >= 4 is 87.1 Å². The summed E-state index contributed by atoms with van der Waals surface area (Å²) in [5.41, 5.74) is 8.75. The fourth-order valence-electron chi connectivity index (χ4n) is 8.06. The maximum atomic E-state index is 6.77. The van der Waals surface area contributed by atoms with E-state index in [2.05, 4.69) is 167 Å². The van der Waals surface area contributed by atoms with Crippen LogP contribution >= 0.6 is 0 Å². The largest absolute Gasteiger partial charge is 0.454 e. The Hall–Kier alpha value is -6.32. The van der Waals surface area contributed by atoms with Crippen LogP contribution in [0.1, 0.15) is 0 Å². The highest BCUT2D eigenvalue weighted by Crippen LogP contribution is 2.45. The molecule has 0 radical (unpaired) electrons. The third-order valence-corrected chi connectivity index (χ3v) is 10.1. The first-order valence-electron chi connectivity index (χ1n) is 16.1. The molecule has 0 bridgehead atoms. The molecule has 3 nitrogen and oxygen atoms in total. The number of benzene rings is 8. The molecule has 3 aromatic heterocycles. The molecular formula is C44H26N2O. The Morgan fingerprint density at radius 1 is 0.362 bits per heavy atom. The number of rotatable bonds is 2. The second kappa shape index (κ2) is 9.12. The van der Waals surface area contributed by atoms with Crippen LogP contribution in [0.2, 0.25) is 0 Å². The van der Waals surface area contributed by atoms with E-state index in [0.717, 1.165) is 44.3 Å². The average Bonchev–Trinajstić information content (AvgIpc) is 3.78. The highest BCUT2D eigenvalue weighted by Gasteiger charge is 2.23. The van der Waals surface area contributed by atoms with Crippen molar-refractivity contribution < 1.29 is 4.42 Å². The number of hydrogen-bond acceptors (Lipinski definition) is 1. The van der Waals surface area contributed by atoms with E-state index in [1.807, 2.05) is 0 Å². The minimum Gasteiger partial charge on any atom is -0.454 e. The Morgan fingerprint density at radius 2 is 1.00 bits per heavy atom. The number of furan rings is 1. The summed E-state index contributed by atoms with van der Waals surface area (Å²) in [4.78, 5) is 0. The lowest BCUT2D eigenvalue weighted by molar-refractivity contribution is 0.671. The molecule has 0 unspecified atom stereocenters. The van der Waals surface area contributed by atoms with Gasteiger partial charge in [0.05, 0.1) is 27.8 Å². The highest BCUT2D eigenvalue weighted by molar-refractivity contribution is 6.25. The Kier molecular flexibility index (Phi) is 4.84. The molecule has 0 N–H and O–H groups in total. The fraction of sp³-hybridized carbons (Fsp3) is 0. The predicted octanol–water partition coefficient (Wildman–Crippen LogP) is 12.1. The fourth-order valence-corrected chi connectivity index (χ4v) is 8.06. The van der Waals surface area contributed by atoms with Crippen LogP contribution in [0, 0.1) is 0 Å². The van der Waals surface area contributed by atoms with Gasteiger partial charge in [0.2, 0.25) is 0 Å². The van der Waals surface area contributed by atoms with Gasteiger partial charge in [0.1, 0.15) is 5.58 Å². The van der Waals surface area contributed by atoms with Crippen molar-refractivity contribution in [1.29, 1.82) is 0 Å². The minimum absolute atomic E-state index is 0.904. The van der Waals surface area contributed by atoms with E-state index in [1.165, 1.54) is 54.1 Å². The summed E-state index contributed by atoms with van der Waals surface area (Å²) in [6.07, 6.45) is 0. The van der Waals surface area contributed by atoms with Gasteiger partial charge in [-0.3, -0.25) is 0 Å². The van der Waals surface area contributed by atoms with Crippen molar-refractivity contribution in [2.45, 2.75) is 0 Å². The van der Waals surface area contributed by atoms with Crippen molar-refractivity contribution in [2.24, 2.45) is 0 Å². The summed E-state index contributed by atoms with van der Waals surface area (Å²) in [6, 6.07) is 57.0. The van der Waals surface area contributed by atoms with Crippen molar-refractivity contribution in [2.75, 3.05) is 0 Å². The van der Waals surface area contributed by atoms with Gasteiger partial charge in [0.15, 0.2) is 5.58 Å². The first-order chi connectivity index (χ1) is 23.3. The van der Waals surface area contributed by atoms with Crippen LogP contribution in [0.3, 0.4) is 0 Å². The molecule has 11 rings (SSSR count). The van der Waals surface area contributed by atoms with Crippen LogP contribution in [0.15, 0.2) is 162 Å². The van der Waals surface area contributed by atoms with Crippen LogP contribution in [-0.4, -0.2) is 9.13 Å². The molecule has 0 aliphatic heterocycles. The molecule has 47 heavy (non-hydrogen) atoms. The zero-order valence-electron chi connectivity index (χ0n) is 25.3. The van der Waals surface area contributed by atoms with E-state index >= 15 is 0 Å². The number of fused-ring (bicyclic) bond motifs is 13. The van der Waals surface area contributed by atoms with Gasteiger partial charge >= 0.3 is 0 Å². The van der Waals surface area contributed by atoms with Gasteiger partial charge in [0.25, 0.3) is 0 Å². The second-order valence-electron chi connectivity index (χ2n) is 12.5. The lowest BCUT2D eigenvalue weighted by Gasteiger charge is -2.15. The van der Waals surface area contributed by atoms with Gasteiger partial charge < -0.3 is 13.6 Å². The molecule has 218 valence electrons. The molecule has 0 amide bonds.